The standard InChI is InChI=1S/C18H13N3OS3/c22-16-12-5-1-3-7-14(12)21-11(9-23-17(21)20-16)10-24-18-19-13-6-2-4-8-15(13)25-18/h1-8,11H,9-10H2/t11-/m1/s1. The zero-order valence-electron chi connectivity index (χ0n) is 13.1. The normalized spacial score (nSPS) is 16.6. The highest BCUT2D eigenvalue weighted by molar-refractivity contribution is 8.01. The van der Waals surface area contributed by atoms with Crippen LogP contribution in [0.4, 0.5) is 0 Å². The van der Waals surface area contributed by atoms with Gasteiger partial charge in [-0.05, 0) is 24.3 Å². The van der Waals surface area contributed by atoms with Gasteiger partial charge in [0.05, 0.1) is 27.2 Å². The molecule has 124 valence electrons. The molecule has 0 amide bonds. The van der Waals surface area contributed by atoms with Crippen LogP contribution in [0, 0.1) is 0 Å². The number of fused-ring (bicyclic) bond motifs is 4. The van der Waals surface area contributed by atoms with E-state index < -0.39 is 0 Å². The maximum absolute atomic E-state index is 12.2. The smallest absolute Gasteiger partial charge is 0.281 e. The van der Waals surface area contributed by atoms with Crippen LogP contribution < -0.4 is 5.56 Å². The molecule has 1 aliphatic heterocycles. The largest absolute Gasteiger partial charge is 0.315 e. The van der Waals surface area contributed by atoms with Crippen molar-refractivity contribution < 1.29 is 0 Å². The molecule has 0 saturated heterocycles. The molecule has 3 heterocycles. The Balaban J connectivity index is 1.47. The lowest BCUT2D eigenvalue weighted by atomic mass is 10.2. The summed E-state index contributed by atoms with van der Waals surface area (Å²) in [5.41, 5.74) is 1.91. The van der Waals surface area contributed by atoms with Gasteiger partial charge in [-0.25, -0.2) is 4.98 Å². The molecule has 2 aromatic heterocycles. The second-order valence-electron chi connectivity index (χ2n) is 5.81. The molecule has 0 fully saturated rings. The second kappa shape index (κ2) is 6.16. The minimum atomic E-state index is -0.131. The molecule has 4 nitrogen and oxygen atoms in total. The molecule has 0 saturated carbocycles. The first-order valence-corrected chi connectivity index (χ1v) is 10.7. The second-order valence-corrected chi connectivity index (χ2v) is 9.09. The molecule has 1 atom stereocenters. The molecule has 0 spiro atoms. The van der Waals surface area contributed by atoms with Crippen molar-refractivity contribution in [2.45, 2.75) is 15.5 Å². The van der Waals surface area contributed by atoms with Crippen LogP contribution in [0.3, 0.4) is 0 Å². The van der Waals surface area contributed by atoms with Crippen LogP contribution in [-0.2, 0) is 0 Å². The third-order valence-corrected chi connectivity index (χ3v) is 7.66. The lowest BCUT2D eigenvalue weighted by Crippen LogP contribution is -2.17. The maximum Gasteiger partial charge on any atom is 0.281 e. The Bertz CT molecular complexity index is 1120. The van der Waals surface area contributed by atoms with Crippen molar-refractivity contribution in [3.8, 4) is 0 Å². The highest BCUT2D eigenvalue weighted by Crippen LogP contribution is 2.38. The molecule has 0 bridgehead atoms. The molecule has 1 aliphatic rings. The van der Waals surface area contributed by atoms with E-state index in [-0.39, 0.29) is 5.56 Å². The van der Waals surface area contributed by atoms with Crippen LogP contribution in [0.15, 0.2) is 62.8 Å². The maximum atomic E-state index is 12.2. The third-order valence-electron chi connectivity index (χ3n) is 4.24. The highest BCUT2D eigenvalue weighted by atomic mass is 32.2. The van der Waals surface area contributed by atoms with E-state index in [9.17, 15) is 4.79 Å². The molecular formula is C18H13N3OS3. The molecule has 0 N–H and O–H groups in total. The van der Waals surface area contributed by atoms with Gasteiger partial charge in [0.2, 0.25) is 0 Å². The molecule has 5 rings (SSSR count). The van der Waals surface area contributed by atoms with E-state index in [1.54, 1.807) is 34.9 Å². The lowest BCUT2D eigenvalue weighted by molar-refractivity contribution is 0.591. The molecule has 7 heteroatoms. The summed E-state index contributed by atoms with van der Waals surface area (Å²) in [6, 6.07) is 16.3. The van der Waals surface area contributed by atoms with Crippen LogP contribution in [0.25, 0.3) is 21.1 Å². The van der Waals surface area contributed by atoms with Gasteiger partial charge < -0.3 is 4.57 Å². The third kappa shape index (κ3) is 2.67. The Morgan fingerprint density at radius 1 is 1.12 bits per heavy atom. The Hall–Kier alpha value is -1.83. The van der Waals surface area contributed by atoms with Gasteiger partial charge in [-0.1, -0.05) is 47.8 Å². The zero-order chi connectivity index (χ0) is 16.8. The van der Waals surface area contributed by atoms with Gasteiger partial charge in [-0.3, -0.25) is 4.79 Å². The number of para-hydroxylation sites is 2. The number of rotatable bonds is 3. The van der Waals surface area contributed by atoms with Gasteiger partial charge in [0.15, 0.2) is 9.50 Å². The number of benzene rings is 2. The average molecular weight is 384 g/mol. The van der Waals surface area contributed by atoms with Crippen LogP contribution in [0.1, 0.15) is 6.04 Å². The molecule has 0 unspecified atom stereocenters. The Morgan fingerprint density at radius 3 is 2.88 bits per heavy atom. The summed E-state index contributed by atoms with van der Waals surface area (Å²) >= 11 is 5.19. The van der Waals surface area contributed by atoms with Crippen LogP contribution >= 0.6 is 34.9 Å². The zero-order valence-corrected chi connectivity index (χ0v) is 15.5. The number of hydrogen-bond acceptors (Lipinski definition) is 6. The quantitative estimate of drug-likeness (QED) is 0.386. The van der Waals surface area contributed by atoms with Crippen molar-refractivity contribution in [1.29, 1.82) is 0 Å². The van der Waals surface area contributed by atoms with E-state index in [2.05, 4.69) is 21.7 Å². The Kier molecular flexibility index (Phi) is 3.80. The number of aromatic nitrogens is 3. The summed E-state index contributed by atoms with van der Waals surface area (Å²) in [6.45, 7) is 0. The SMILES string of the molecule is O=c1nc2n(c3ccccc13)[C@@H](CSc1nc3ccccc3s1)CS2. The van der Waals surface area contributed by atoms with E-state index in [4.69, 9.17) is 4.98 Å². The van der Waals surface area contributed by atoms with Gasteiger partial charge in [0, 0.05) is 11.5 Å². The summed E-state index contributed by atoms with van der Waals surface area (Å²) < 4.78 is 4.54. The number of thiazole rings is 1. The molecular weight excluding hydrogens is 370 g/mol. The fraction of sp³-hybridized carbons (Fsp3) is 0.167. The first kappa shape index (κ1) is 15.4. The molecule has 0 radical (unpaired) electrons. The van der Waals surface area contributed by atoms with Crippen molar-refractivity contribution in [2.75, 3.05) is 11.5 Å². The summed E-state index contributed by atoms with van der Waals surface area (Å²) in [6.07, 6.45) is 0. The van der Waals surface area contributed by atoms with E-state index >= 15 is 0 Å². The summed E-state index contributed by atoms with van der Waals surface area (Å²) in [5.74, 6) is 1.87. The van der Waals surface area contributed by atoms with Gasteiger partial charge in [0.25, 0.3) is 5.56 Å². The monoisotopic (exact) mass is 383 g/mol. The molecule has 25 heavy (non-hydrogen) atoms. The first-order valence-electron chi connectivity index (χ1n) is 7.92. The number of thioether (sulfide) groups is 2. The molecule has 0 aliphatic carbocycles. The van der Waals surface area contributed by atoms with Crippen molar-refractivity contribution in [3.05, 3.63) is 58.9 Å². The van der Waals surface area contributed by atoms with Gasteiger partial charge in [-0.2, -0.15) is 4.98 Å². The number of nitrogens with zero attached hydrogens (tertiary/aromatic N) is 3. The van der Waals surface area contributed by atoms with E-state index in [1.807, 2.05) is 36.4 Å². The van der Waals surface area contributed by atoms with Crippen LogP contribution in [0.5, 0.6) is 0 Å². The summed E-state index contributed by atoms with van der Waals surface area (Å²) in [4.78, 5) is 21.1. The fourth-order valence-corrected chi connectivity index (χ4v) is 6.53. The molecule has 2 aromatic carbocycles. The number of hydrogen-bond donors (Lipinski definition) is 0. The highest BCUT2D eigenvalue weighted by Gasteiger charge is 2.26. The van der Waals surface area contributed by atoms with Gasteiger partial charge >= 0.3 is 0 Å². The van der Waals surface area contributed by atoms with E-state index in [1.165, 1.54) is 4.70 Å². The van der Waals surface area contributed by atoms with Crippen molar-refractivity contribution in [1.82, 2.24) is 14.5 Å². The van der Waals surface area contributed by atoms with Crippen molar-refractivity contribution >= 4 is 56.0 Å². The fourth-order valence-electron chi connectivity index (χ4n) is 3.07. The topological polar surface area (TPSA) is 47.8 Å². The predicted molar refractivity (Wildman–Crippen MR) is 106 cm³/mol. The van der Waals surface area contributed by atoms with Gasteiger partial charge in [-0.15, -0.1) is 11.3 Å². The van der Waals surface area contributed by atoms with E-state index in [0.717, 1.165) is 32.0 Å². The van der Waals surface area contributed by atoms with Crippen molar-refractivity contribution in [3.63, 3.8) is 0 Å². The minimum absolute atomic E-state index is 0.131. The van der Waals surface area contributed by atoms with Gasteiger partial charge in [0.1, 0.15) is 0 Å². The Labute approximate surface area is 156 Å². The molecule has 4 aromatic rings. The van der Waals surface area contributed by atoms with Crippen molar-refractivity contribution in [2.24, 2.45) is 0 Å². The minimum Gasteiger partial charge on any atom is -0.315 e. The van der Waals surface area contributed by atoms with E-state index in [0.29, 0.717) is 11.4 Å². The van der Waals surface area contributed by atoms with Crippen LogP contribution in [-0.4, -0.2) is 26.0 Å². The summed E-state index contributed by atoms with van der Waals surface area (Å²) in [5, 5.41) is 1.53. The predicted octanol–water partition coefficient (Wildman–Crippen LogP) is 4.45. The lowest BCUT2D eigenvalue weighted by Gasteiger charge is -2.15. The first-order chi connectivity index (χ1) is 12.3. The van der Waals surface area contributed by atoms with Crippen LogP contribution in [0.2, 0.25) is 0 Å². The summed E-state index contributed by atoms with van der Waals surface area (Å²) in [7, 11) is 0. The Morgan fingerprint density at radius 2 is 1.96 bits per heavy atom. The average Bonchev–Trinajstić information content (AvgIpc) is 3.23.